The largest absolute Gasteiger partial charge is 0.508 e. The average molecular weight is 498 g/mol. The third-order valence-corrected chi connectivity index (χ3v) is 6.67. The van der Waals surface area contributed by atoms with Crippen LogP contribution in [0.25, 0.3) is 11.1 Å². The van der Waals surface area contributed by atoms with Crippen LogP contribution in [-0.4, -0.2) is 32.0 Å². The molecule has 1 amide bonds. The molecule has 1 aliphatic carbocycles. The summed E-state index contributed by atoms with van der Waals surface area (Å²) in [6.07, 6.45) is -1.03. The van der Waals surface area contributed by atoms with Crippen molar-refractivity contribution in [1.82, 2.24) is 0 Å². The van der Waals surface area contributed by atoms with Crippen LogP contribution in [0.5, 0.6) is 17.2 Å². The Kier molecular flexibility index (Phi) is 6.46. The van der Waals surface area contributed by atoms with Crippen LogP contribution >= 0.6 is 0 Å². The van der Waals surface area contributed by atoms with Gasteiger partial charge >= 0.3 is 6.09 Å². The van der Waals surface area contributed by atoms with Gasteiger partial charge in [0.2, 0.25) is 0 Å². The van der Waals surface area contributed by atoms with Gasteiger partial charge in [-0.1, -0.05) is 48.5 Å². The average Bonchev–Trinajstić information content (AvgIpc) is 3.24. The maximum atomic E-state index is 12.3. The van der Waals surface area contributed by atoms with Crippen molar-refractivity contribution in [3.05, 3.63) is 113 Å². The highest BCUT2D eigenvalue weighted by molar-refractivity contribution is 5.78. The van der Waals surface area contributed by atoms with Crippen LogP contribution in [0, 0.1) is 0 Å². The van der Waals surface area contributed by atoms with E-state index in [-0.39, 0.29) is 18.3 Å². The van der Waals surface area contributed by atoms with E-state index in [1.807, 2.05) is 24.3 Å². The molecule has 188 valence electrons. The van der Waals surface area contributed by atoms with Gasteiger partial charge in [0.15, 0.2) is 0 Å². The molecule has 1 aliphatic rings. The van der Waals surface area contributed by atoms with E-state index in [1.165, 1.54) is 19.2 Å². The Morgan fingerprint density at radius 2 is 1.49 bits per heavy atom. The molecule has 5 rings (SSSR count). The fourth-order valence-electron chi connectivity index (χ4n) is 4.99. The van der Waals surface area contributed by atoms with Crippen molar-refractivity contribution < 1.29 is 28.8 Å². The second-order valence-corrected chi connectivity index (χ2v) is 8.69. The van der Waals surface area contributed by atoms with Gasteiger partial charge < -0.3 is 29.8 Å². The van der Waals surface area contributed by atoms with E-state index in [0.29, 0.717) is 22.6 Å². The molecule has 0 radical (unpaired) electrons. The van der Waals surface area contributed by atoms with Gasteiger partial charge in [-0.15, -0.1) is 0 Å². The van der Waals surface area contributed by atoms with Gasteiger partial charge in [-0.05, 0) is 58.7 Å². The zero-order valence-corrected chi connectivity index (χ0v) is 20.5. The number of phenols is 1. The SMILES string of the molecule is COc1ccc(C(OCC2c3ccccc3-c3ccccc32)(OC(N)=O)c2ccc(O)cc2)c(OC)c1. The van der Waals surface area contributed by atoms with E-state index in [2.05, 4.69) is 24.3 Å². The topological polar surface area (TPSA) is 100 Å². The Morgan fingerprint density at radius 1 is 0.865 bits per heavy atom. The number of hydrogen-bond donors (Lipinski definition) is 2. The number of hydrogen-bond acceptors (Lipinski definition) is 6. The number of benzene rings is 4. The highest BCUT2D eigenvalue weighted by Gasteiger charge is 2.44. The zero-order chi connectivity index (χ0) is 26.0. The molecule has 0 saturated heterocycles. The Morgan fingerprint density at radius 3 is 2.05 bits per heavy atom. The number of amides is 1. The lowest BCUT2D eigenvalue weighted by Gasteiger charge is -2.35. The van der Waals surface area contributed by atoms with Crippen molar-refractivity contribution >= 4 is 6.09 Å². The summed E-state index contributed by atoms with van der Waals surface area (Å²) in [7, 11) is 3.06. The lowest BCUT2D eigenvalue weighted by atomic mass is 9.94. The number of ether oxygens (including phenoxy) is 4. The Hall–Kier alpha value is -4.49. The number of carbonyl (C=O) groups is 1. The van der Waals surface area contributed by atoms with Gasteiger partial charge in [0.1, 0.15) is 17.2 Å². The van der Waals surface area contributed by atoms with Crippen LogP contribution in [0.4, 0.5) is 4.79 Å². The summed E-state index contributed by atoms with van der Waals surface area (Å²) < 4.78 is 23.5. The standard InChI is InChI=1S/C30H27NO6/c1-34-21-15-16-27(28(17-21)35-2)30(37-29(31)33,19-11-13-20(32)14-12-19)36-18-26-24-9-5-3-7-22(24)23-8-4-6-10-25(23)26/h3-17,26,32H,18H2,1-2H3,(H2,31,33). The number of rotatable bonds is 8. The lowest BCUT2D eigenvalue weighted by molar-refractivity contribution is -0.181. The van der Waals surface area contributed by atoms with Crippen molar-refractivity contribution in [1.29, 1.82) is 0 Å². The van der Waals surface area contributed by atoms with E-state index in [9.17, 15) is 9.90 Å². The first-order chi connectivity index (χ1) is 18.0. The fourth-order valence-corrected chi connectivity index (χ4v) is 4.99. The number of primary amides is 1. The monoisotopic (exact) mass is 497 g/mol. The smallest absolute Gasteiger partial charge is 0.407 e. The molecular weight excluding hydrogens is 470 g/mol. The van der Waals surface area contributed by atoms with Gasteiger partial charge in [0.25, 0.3) is 5.79 Å². The predicted molar refractivity (Wildman–Crippen MR) is 139 cm³/mol. The molecule has 0 aromatic heterocycles. The minimum absolute atomic E-state index is 0.0528. The van der Waals surface area contributed by atoms with Crippen LogP contribution in [0.2, 0.25) is 0 Å². The highest BCUT2D eigenvalue weighted by Crippen LogP contribution is 2.47. The van der Waals surface area contributed by atoms with Crippen molar-refractivity contribution in [3.63, 3.8) is 0 Å². The highest BCUT2D eigenvalue weighted by atomic mass is 16.7. The van der Waals surface area contributed by atoms with E-state index in [1.54, 1.807) is 37.4 Å². The van der Waals surface area contributed by atoms with Crippen molar-refractivity contribution in [3.8, 4) is 28.4 Å². The molecule has 0 saturated carbocycles. The number of fused-ring (bicyclic) bond motifs is 3. The summed E-state index contributed by atoms with van der Waals surface area (Å²) in [5.74, 6) is -0.913. The van der Waals surface area contributed by atoms with Crippen molar-refractivity contribution in [2.45, 2.75) is 11.7 Å². The molecule has 7 nitrogen and oxygen atoms in total. The Balaban J connectivity index is 1.65. The summed E-state index contributed by atoms with van der Waals surface area (Å²) >= 11 is 0. The van der Waals surface area contributed by atoms with E-state index in [0.717, 1.165) is 22.3 Å². The van der Waals surface area contributed by atoms with Gasteiger partial charge in [0.05, 0.1) is 26.4 Å². The normalized spacial score (nSPS) is 13.8. The van der Waals surface area contributed by atoms with Crippen LogP contribution in [0.1, 0.15) is 28.2 Å². The third kappa shape index (κ3) is 4.34. The molecule has 4 aromatic carbocycles. The number of nitrogens with two attached hydrogens (primary N) is 1. The third-order valence-electron chi connectivity index (χ3n) is 6.67. The fraction of sp³-hybridized carbons (Fsp3) is 0.167. The van der Waals surface area contributed by atoms with E-state index in [4.69, 9.17) is 24.7 Å². The molecule has 1 atom stereocenters. The van der Waals surface area contributed by atoms with Crippen molar-refractivity contribution in [2.75, 3.05) is 20.8 Å². The lowest BCUT2D eigenvalue weighted by Crippen LogP contribution is -2.40. The van der Waals surface area contributed by atoms with Crippen LogP contribution in [0.3, 0.4) is 0 Å². The van der Waals surface area contributed by atoms with Crippen LogP contribution < -0.4 is 15.2 Å². The summed E-state index contributed by atoms with van der Waals surface area (Å²) in [4.78, 5) is 12.3. The molecule has 0 bridgehead atoms. The summed E-state index contributed by atoms with van der Waals surface area (Å²) in [6.45, 7) is 0.164. The molecular formula is C30H27NO6. The van der Waals surface area contributed by atoms with Gasteiger partial charge in [-0.3, -0.25) is 0 Å². The van der Waals surface area contributed by atoms with Crippen molar-refractivity contribution in [2.24, 2.45) is 5.73 Å². The number of aromatic hydroxyl groups is 1. The quantitative estimate of drug-likeness (QED) is 0.310. The molecule has 37 heavy (non-hydrogen) atoms. The first-order valence-corrected chi connectivity index (χ1v) is 11.8. The summed E-state index contributed by atoms with van der Waals surface area (Å²) in [5, 5.41) is 9.95. The molecule has 0 aliphatic heterocycles. The minimum Gasteiger partial charge on any atom is -0.508 e. The predicted octanol–water partition coefficient (Wildman–Crippen LogP) is 5.53. The molecule has 1 unspecified atom stereocenters. The number of phenolic OH excluding ortho intramolecular Hbond substituents is 1. The molecule has 0 spiro atoms. The van der Waals surface area contributed by atoms with E-state index >= 15 is 0 Å². The Bertz CT molecular complexity index is 1390. The van der Waals surface area contributed by atoms with Crippen LogP contribution in [0.15, 0.2) is 91.0 Å². The molecule has 3 N–H and O–H groups in total. The van der Waals surface area contributed by atoms with Gasteiger partial charge in [-0.25, -0.2) is 4.79 Å². The molecule has 4 aromatic rings. The first kappa shape index (κ1) is 24.2. The second-order valence-electron chi connectivity index (χ2n) is 8.69. The molecule has 0 fully saturated rings. The van der Waals surface area contributed by atoms with Gasteiger partial charge in [0, 0.05) is 17.5 Å². The second kappa shape index (κ2) is 9.87. The maximum absolute atomic E-state index is 12.3. The minimum atomic E-state index is -1.77. The number of carbonyl (C=O) groups excluding carboxylic acids is 1. The first-order valence-electron chi connectivity index (χ1n) is 11.8. The van der Waals surface area contributed by atoms with E-state index < -0.39 is 11.9 Å². The maximum Gasteiger partial charge on any atom is 0.407 e. The van der Waals surface area contributed by atoms with Crippen LogP contribution in [-0.2, 0) is 15.3 Å². The van der Waals surface area contributed by atoms with Gasteiger partial charge in [-0.2, -0.15) is 0 Å². The summed E-state index contributed by atoms with van der Waals surface area (Å²) in [6, 6.07) is 27.7. The number of methoxy groups -OCH3 is 2. The zero-order valence-electron chi connectivity index (χ0n) is 20.5. The summed E-state index contributed by atoms with van der Waals surface area (Å²) in [5.41, 5.74) is 11.0. The Labute approximate surface area is 215 Å². The molecule has 7 heteroatoms. The molecule has 0 heterocycles.